The standard InChI is InChI=1S/C21H19BrN2O3/c22-15-6-8-17-18(12-15)21(27)24(20(17)26)10-9-19(25)23-16-7-5-13-3-1-2-4-14(13)11-16/h1-4,6,8,12,16H,5,7,9-11H2,(H,23,25). The van der Waals surface area contributed by atoms with Gasteiger partial charge in [-0.1, -0.05) is 40.2 Å². The van der Waals surface area contributed by atoms with E-state index in [1.807, 2.05) is 12.1 Å². The minimum Gasteiger partial charge on any atom is -0.353 e. The number of benzene rings is 2. The van der Waals surface area contributed by atoms with Crippen LogP contribution in [0, 0.1) is 0 Å². The van der Waals surface area contributed by atoms with Crippen molar-refractivity contribution in [1.82, 2.24) is 10.2 Å². The Morgan fingerprint density at radius 1 is 1.07 bits per heavy atom. The van der Waals surface area contributed by atoms with Crippen LogP contribution in [-0.2, 0) is 17.6 Å². The number of carbonyl (C=O) groups excluding carboxylic acids is 3. The fraction of sp³-hybridized carbons (Fsp3) is 0.286. The van der Waals surface area contributed by atoms with E-state index < -0.39 is 0 Å². The van der Waals surface area contributed by atoms with Crippen molar-refractivity contribution in [2.45, 2.75) is 31.7 Å². The SMILES string of the molecule is O=C(CCN1C(=O)c2ccc(Br)cc2C1=O)NC1CCc2ccccc2C1. The molecule has 2 aromatic rings. The van der Waals surface area contributed by atoms with E-state index in [4.69, 9.17) is 0 Å². The summed E-state index contributed by atoms with van der Waals surface area (Å²) in [6, 6.07) is 13.4. The molecule has 0 saturated heterocycles. The summed E-state index contributed by atoms with van der Waals surface area (Å²) in [4.78, 5) is 38.4. The zero-order valence-corrected chi connectivity index (χ0v) is 16.3. The molecule has 1 N–H and O–H groups in total. The summed E-state index contributed by atoms with van der Waals surface area (Å²) in [6.07, 6.45) is 2.80. The van der Waals surface area contributed by atoms with Crippen LogP contribution in [0.3, 0.4) is 0 Å². The van der Waals surface area contributed by atoms with Gasteiger partial charge in [0.25, 0.3) is 11.8 Å². The van der Waals surface area contributed by atoms with E-state index in [0.29, 0.717) is 11.1 Å². The lowest BCUT2D eigenvalue weighted by Gasteiger charge is -2.25. The molecule has 1 aliphatic carbocycles. The van der Waals surface area contributed by atoms with E-state index >= 15 is 0 Å². The highest BCUT2D eigenvalue weighted by atomic mass is 79.9. The van der Waals surface area contributed by atoms with Crippen molar-refractivity contribution in [3.05, 3.63) is 69.2 Å². The number of hydrogen-bond donors (Lipinski definition) is 1. The number of rotatable bonds is 4. The monoisotopic (exact) mass is 426 g/mol. The second kappa shape index (κ2) is 7.27. The molecule has 0 bridgehead atoms. The molecular formula is C21H19BrN2O3. The van der Waals surface area contributed by atoms with Crippen LogP contribution in [0.4, 0.5) is 0 Å². The minimum atomic E-state index is -0.337. The molecule has 2 aromatic carbocycles. The number of carbonyl (C=O) groups is 3. The molecule has 1 aliphatic heterocycles. The van der Waals surface area contributed by atoms with Gasteiger partial charge in [0.2, 0.25) is 5.91 Å². The van der Waals surface area contributed by atoms with Gasteiger partial charge in [-0.3, -0.25) is 19.3 Å². The maximum atomic E-state index is 12.5. The molecule has 0 spiro atoms. The fourth-order valence-electron chi connectivity index (χ4n) is 3.80. The molecule has 27 heavy (non-hydrogen) atoms. The molecule has 3 amide bonds. The molecule has 4 rings (SSSR count). The average Bonchev–Trinajstić information content (AvgIpc) is 2.90. The van der Waals surface area contributed by atoms with Gasteiger partial charge in [0.1, 0.15) is 0 Å². The fourth-order valence-corrected chi connectivity index (χ4v) is 4.16. The summed E-state index contributed by atoms with van der Waals surface area (Å²) < 4.78 is 0.750. The van der Waals surface area contributed by atoms with Crippen molar-refractivity contribution >= 4 is 33.7 Å². The predicted octanol–water partition coefficient (Wildman–Crippen LogP) is 3.11. The van der Waals surface area contributed by atoms with E-state index in [-0.39, 0.29) is 36.7 Å². The Labute approximate surface area is 165 Å². The molecule has 0 radical (unpaired) electrons. The van der Waals surface area contributed by atoms with E-state index in [1.165, 1.54) is 11.1 Å². The molecular weight excluding hydrogens is 408 g/mol. The molecule has 1 atom stereocenters. The van der Waals surface area contributed by atoms with Crippen LogP contribution in [0.2, 0.25) is 0 Å². The smallest absolute Gasteiger partial charge is 0.261 e. The first-order valence-corrected chi connectivity index (χ1v) is 9.84. The van der Waals surface area contributed by atoms with Crippen molar-refractivity contribution in [3.8, 4) is 0 Å². The Hall–Kier alpha value is -2.47. The molecule has 138 valence electrons. The molecule has 2 aliphatic rings. The van der Waals surface area contributed by atoms with Crippen molar-refractivity contribution in [2.75, 3.05) is 6.54 Å². The van der Waals surface area contributed by atoms with Crippen LogP contribution in [0.5, 0.6) is 0 Å². The predicted molar refractivity (Wildman–Crippen MR) is 105 cm³/mol. The second-order valence-corrected chi connectivity index (χ2v) is 7.89. The zero-order chi connectivity index (χ0) is 19.0. The van der Waals surface area contributed by atoms with Crippen LogP contribution in [-0.4, -0.2) is 35.2 Å². The maximum absolute atomic E-state index is 12.5. The van der Waals surface area contributed by atoms with Gasteiger partial charge < -0.3 is 5.32 Å². The molecule has 1 heterocycles. The Morgan fingerprint density at radius 3 is 2.63 bits per heavy atom. The maximum Gasteiger partial charge on any atom is 0.261 e. The number of hydrogen-bond acceptors (Lipinski definition) is 3. The van der Waals surface area contributed by atoms with Gasteiger partial charge in [-0.05, 0) is 48.6 Å². The summed E-state index contributed by atoms with van der Waals surface area (Å²) in [5.41, 5.74) is 3.41. The summed E-state index contributed by atoms with van der Waals surface area (Å²) in [7, 11) is 0. The highest BCUT2D eigenvalue weighted by molar-refractivity contribution is 9.10. The van der Waals surface area contributed by atoms with Gasteiger partial charge in [0, 0.05) is 23.5 Å². The normalized spacial score (nSPS) is 18.3. The average molecular weight is 427 g/mol. The van der Waals surface area contributed by atoms with Crippen molar-refractivity contribution < 1.29 is 14.4 Å². The Morgan fingerprint density at radius 2 is 1.81 bits per heavy atom. The van der Waals surface area contributed by atoms with Crippen molar-refractivity contribution in [1.29, 1.82) is 0 Å². The summed E-state index contributed by atoms with van der Waals surface area (Å²) in [6.45, 7) is 0.0963. The largest absolute Gasteiger partial charge is 0.353 e. The first-order chi connectivity index (χ1) is 13.0. The third-order valence-corrected chi connectivity index (χ3v) is 5.70. The third kappa shape index (κ3) is 3.54. The molecule has 5 nitrogen and oxygen atoms in total. The highest BCUT2D eigenvalue weighted by Crippen LogP contribution is 2.26. The number of imide groups is 1. The van der Waals surface area contributed by atoms with Gasteiger partial charge in [-0.2, -0.15) is 0 Å². The summed E-state index contributed by atoms with van der Waals surface area (Å²) in [5, 5.41) is 3.05. The van der Waals surface area contributed by atoms with Gasteiger partial charge in [-0.25, -0.2) is 0 Å². The van der Waals surface area contributed by atoms with E-state index in [2.05, 4.69) is 33.4 Å². The van der Waals surface area contributed by atoms with Crippen molar-refractivity contribution in [2.24, 2.45) is 0 Å². The molecule has 0 fully saturated rings. The minimum absolute atomic E-state index is 0.0963. The lowest BCUT2D eigenvalue weighted by molar-refractivity contribution is -0.121. The van der Waals surface area contributed by atoms with Crippen LogP contribution in [0.1, 0.15) is 44.7 Å². The van der Waals surface area contributed by atoms with Crippen LogP contribution in [0.15, 0.2) is 46.9 Å². The molecule has 6 heteroatoms. The lowest BCUT2D eigenvalue weighted by atomic mass is 9.88. The number of halogens is 1. The second-order valence-electron chi connectivity index (χ2n) is 6.98. The van der Waals surface area contributed by atoms with E-state index in [0.717, 1.165) is 28.6 Å². The van der Waals surface area contributed by atoms with Crippen LogP contribution >= 0.6 is 15.9 Å². The Kier molecular flexibility index (Phi) is 4.83. The first-order valence-electron chi connectivity index (χ1n) is 9.05. The first kappa shape index (κ1) is 17.9. The van der Waals surface area contributed by atoms with Crippen LogP contribution in [0.25, 0.3) is 0 Å². The lowest BCUT2D eigenvalue weighted by Crippen LogP contribution is -2.41. The quantitative estimate of drug-likeness (QED) is 0.763. The molecule has 1 unspecified atom stereocenters. The van der Waals surface area contributed by atoms with Crippen LogP contribution < -0.4 is 5.32 Å². The van der Waals surface area contributed by atoms with E-state index in [9.17, 15) is 14.4 Å². The summed E-state index contributed by atoms with van der Waals surface area (Å²) in [5.74, 6) is -0.797. The van der Waals surface area contributed by atoms with Gasteiger partial charge in [-0.15, -0.1) is 0 Å². The molecule has 0 saturated carbocycles. The topological polar surface area (TPSA) is 66.5 Å². The number of fused-ring (bicyclic) bond motifs is 2. The van der Waals surface area contributed by atoms with Gasteiger partial charge in [0.05, 0.1) is 11.1 Å². The van der Waals surface area contributed by atoms with Gasteiger partial charge in [0.15, 0.2) is 0 Å². The Bertz CT molecular complexity index is 941. The number of aryl methyl sites for hydroxylation is 1. The number of nitrogens with zero attached hydrogens (tertiary/aromatic N) is 1. The van der Waals surface area contributed by atoms with Crippen molar-refractivity contribution in [3.63, 3.8) is 0 Å². The van der Waals surface area contributed by atoms with E-state index in [1.54, 1.807) is 18.2 Å². The molecule has 0 aromatic heterocycles. The van der Waals surface area contributed by atoms with Gasteiger partial charge >= 0.3 is 0 Å². The zero-order valence-electron chi connectivity index (χ0n) is 14.7. The number of amides is 3. The highest BCUT2D eigenvalue weighted by Gasteiger charge is 2.35. The summed E-state index contributed by atoms with van der Waals surface area (Å²) >= 11 is 3.32. The third-order valence-electron chi connectivity index (χ3n) is 5.21. The Balaban J connectivity index is 1.34. The number of nitrogens with one attached hydrogen (secondary N) is 1.